The van der Waals surface area contributed by atoms with Crippen LogP contribution in [0.3, 0.4) is 0 Å². The van der Waals surface area contributed by atoms with E-state index in [1.165, 1.54) is 5.56 Å². The molecule has 0 saturated heterocycles. The molecule has 0 bridgehead atoms. The maximum atomic E-state index is 12.1. The molecular formula is C21H19Br2N3O. The number of benzene rings is 2. The van der Waals surface area contributed by atoms with Crippen molar-refractivity contribution in [3.05, 3.63) is 85.6 Å². The fourth-order valence-corrected chi connectivity index (χ4v) is 3.49. The molecule has 2 aromatic carbocycles. The minimum absolute atomic E-state index is 0.241. The first-order chi connectivity index (χ1) is 12.9. The highest BCUT2D eigenvalue weighted by Crippen LogP contribution is 2.24. The van der Waals surface area contributed by atoms with Crippen LogP contribution < -0.4 is 5.43 Å². The van der Waals surface area contributed by atoms with Gasteiger partial charge in [0.2, 0.25) is 0 Å². The second kappa shape index (κ2) is 8.23. The van der Waals surface area contributed by atoms with Crippen molar-refractivity contribution in [2.24, 2.45) is 5.10 Å². The summed E-state index contributed by atoms with van der Waals surface area (Å²) in [7, 11) is 0. The third kappa shape index (κ3) is 4.39. The quantitative estimate of drug-likeness (QED) is 0.372. The smallest absolute Gasteiger partial charge is 0.271 e. The highest BCUT2D eigenvalue weighted by atomic mass is 79.9. The Morgan fingerprint density at radius 3 is 2.41 bits per heavy atom. The van der Waals surface area contributed by atoms with Crippen LogP contribution in [0.15, 0.2) is 62.6 Å². The first kappa shape index (κ1) is 19.6. The maximum Gasteiger partial charge on any atom is 0.271 e. The lowest BCUT2D eigenvalue weighted by atomic mass is 10.2. The lowest BCUT2D eigenvalue weighted by Crippen LogP contribution is -2.17. The van der Waals surface area contributed by atoms with Gasteiger partial charge in [-0.15, -0.1) is 0 Å². The average molecular weight is 489 g/mol. The standard InChI is InChI=1S/C21H19Br2N3O/c1-13-4-9-19(11-20(13)23)26-14(2)10-17(15(26)3)12-24-25-21(27)16-5-7-18(22)8-6-16/h4-12H,1-3H3,(H,25,27)/b24-12-. The van der Waals surface area contributed by atoms with Crippen LogP contribution in [0.2, 0.25) is 0 Å². The SMILES string of the molecule is Cc1ccc(-n2c(C)cc(/C=N\NC(=O)c3ccc(Br)cc3)c2C)cc1Br. The Morgan fingerprint density at radius 2 is 1.74 bits per heavy atom. The van der Waals surface area contributed by atoms with Crippen LogP contribution >= 0.6 is 31.9 Å². The number of nitrogens with zero attached hydrogens (tertiary/aromatic N) is 2. The summed E-state index contributed by atoms with van der Waals surface area (Å²) in [6, 6.07) is 15.5. The van der Waals surface area contributed by atoms with E-state index in [0.717, 1.165) is 31.6 Å². The molecule has 138 valence electrons. The van der Waals surface area contributed by atoms with E-state index in [2.05, 4.69) is 85.1 Å². The van der Waals surface area contributed by atoms with Gasteiger partial charge in [-0.25, -0.2) is 5.43 Å². The second-order valence-electron chi connectivity index (χ2n) is 6.30. The monoisotopic (exact) mass is 487 g/mol. The second-order valence-corrected chi connectivity index (χ2v) is 8.07. The number of nitrogens with one attached hydrogen (secondary N) is 1. The molecule has 0 aliphatic carbocycles. The molecule has 3 aromatic rings. The van der Waals surface area contributed by atoms with Gasteiger partial charge in [-0.3, -0.25) is 4.79 Å². The van der Waals surface area contributed by atoms with Gasteiger partial charge < -0.3 is 4.57 Å². The van der Waals surface area contributed by atoms with E-state index < -0.39 is 0 Å². The summed E-state index contributed by atoms with van der Waals surface area (Å²) in [5, 5.41) is 4.12. The zero-order chi connectivity index (χ0) is 19.6. The van der Waals surface area contributed by atoms with Crippen LogP contribution in [0, 0.1) is 20.8 Å². The number of aromatic nitrogens is 1. The highest BCUT2D eigenvalue weighted by molar-refractivity contribution is 9.10. The van der Waals surface area contributed by atoms with Crippen molar-refractivity contribution in [2.45, 2.75) is 20.8 Å². The van der Waals surface area contributed by atoms with Crippen molar-refractivity contribution < 1.29 is 4.79 Å². The molecule has 3 rings (SSSR count). The average Bonchev–Trinajstić information content (AvgIpc) is 2.92. The number of amides is 1. The molecule has 0 spiro atoms. The Bertz CT molecular complexity index is 1020. The van der Waals surface area contributed by atoms with E-state index in [0.29, 0.717) is 5.56 Å². The minimum Gasteiger partial charge on any atom is -0.318 e. The Balaban J connectivity index is 1.79. The number of carbonyl (C=O) groups excluding carboxylic acids is 1. The zero-order valence-electron chi connectivity index (χ0n) is 15.3. The molecule has 0 atom stereocenters. The van der Waals surface area contributed by atoms with E-state index in [-0.39, 0.29) is 5.91 Å². The summed E-state index contributed by atoms with van der Waals surface area (Å²) >= 11 is 6.95. The number of halogens is 2. The molecule has 4 nitrogen and oxygen atoms in total. The van der Waals surface area contributed by atoms with Gasteiger partial charge in [-0.2, -0.15) is 5.10 Å². The van der Waals surface area contributed by atoms with Gasteiger partial charge in [0.1, 0.15) is 0 Å². The molecule has 6 heteroatoms. The van der Waals surface area contributed by atoms with Crippen molar-refractivity contribution in [1.29, 1.82) is 0 Å². The van der Waals surface area contributed by atoms with Crippen molar-refractivity contribution >= 4 is 44.0 Å². The first-order valence-electron chi connectivity index (χ1n) is 8.41. The van der Waals surface area contributed by atoms with Crippen molar-refractivity contribution in [3.8, 4) is 5.69 Å². The molecule has 0 fully saturated rings. The van der Waals surface area contributed by atoms with Gasteiger partial charge in [0.15, 0.2) is 0 Å². The first-order valence-corrected chi connectivity index (χ1v) is 10.00. The number of hydrogen-bond acceptors (Lipinski definition) is 2. The Morgan fingerprint density at radius 1 is 1.04 bits per heavy atom. The molecule has 0 aliphatic heterocycles. The molecule has 1 N–H and O–H groups in total. The Kier molecular flexibility index (Phi) is 5.97. The van der Waals surface area contributed by atoms with Gasteiger partial charge in [-0.05, 0) is 68.8 Å². The summed E-state index contributed by atoms with van der Waals surface area (Å²) in [5.41, 5.74) is 8.54. The lowest BCUT2D eigenvalue weighted by Gasteiger charge is -2.11. The van der Waals surface area contributed by atoms with Crippen molar-refractivity contribution in [1.82, 2.24) is 9.99 Å². The molecule has 0 unspecified atom stereocenters. The van der Waals surface area contributed by atoms with Crippen LogP contribution in [-0.2, 0) is 0 Å². The lowest BCUT2D eigenvalue weighted by molar-refractivity contribution is 0.0955. The third-order valence-electron chi connectivity index (χ3n) is 4.36. The summed E-state index contributed by atoms with van der Waals surface area (Å²) in [6.07, 6.45) is 1.68. The Labute approximate surface area is 175 Å². The van der Waals surface area contributed by atoms with E-state index in [1.807, 2.05) is 19.1 Å². The van der Waals surface area contributed by atoms with Crippen molar-refractivity contribution in [2.75, 3.05) is 0 Å². The zero-order valence-corrected chi connectivity index (χ0v) is 18.4. The van der Waals surface area contributed by atoms with E-state index >= 15 is 0 Å². The predicted molar refractivity (Wildman–Crippen MR) is 117 cm³/mol. The van der Waals surface area contributed by atoms with E-state index in [9.17, 15) is 4.79 Å². The van der Waals surface area contributed by atoms with Gasteiger partial charge in [0.05, 0.1) is 6.21 Å². The molecule has 1 heterocycles. The number of rotatable bonds is 4. The van der Waals surface area contributed by atoms with Gasteiger partial charge in [0, 0.05) is 37.1 Å². The molecule has 0 saturated carbocycles. The maximum absolute atomic E-state index is 12.1. The highest BCUT2D eigenvalue weighted by Gasteiger charge is 2.10. The molecule has 1 amide bonds. The van der Waals surface area contributed by atoms with Gasteiger partial charge in [0.25, 0.3) is 5.91 Å². The predicted octanol–water partition coefficient (Wildman–Crippen LogP) is 5.69. The molecular weight excluding hydrogens is 470 g/mol. The van der Waals surface area contributed by atoms with Crippen LogP contribution in [0.5, 0.6) is 0 Å². The summed E-state index contributed by atoms with van der Waals surface area (Å²) < 4.78 is 4.17. The minimum atomic E-state index is -0.241. The van der Waals surface area contributed by atoms with Crippen LogP contribution in [0.4, 0.5) is 0 Å². The van der Waals surface area contributed by atoms with Crippen molar-refractivity contribution in [3.63, 3.8) is 0 Å². The summed E-state index contributed by atoms with van der Waals surface area (Å²) in [6.45, 7) is 6.16. The van der Waals surface area contributed by atoms with Gasteiger partial charge >= 0.3 is 0 Å². The normalized spacial score (nSPS) is 11.1. The molecule has 0 aliphatic rings. The summed E-state index contributed by atoms with van der Waals surface area (Å²) in [5.74, 6) is -0.241. The van der Waals surface area contributed by atoms with Crippen LogP contribution in [0.1, 0.15) is 32.9 Å². The topological polar surface area (TPSA) is 46.4 Å². The van der Waals surface area contributed by atoms with E-state index in [4.69, 9.17) is 0 Å². The van der Waals surface area contributed by atoms with Gasteiger partial charge in [-0.1, -0.05) is 37.9 Å². The Hall–Kier alpha value is -2.18. The third-order valence-corrected chi connectivity index (χ3v) is 5.74. The largest absolute Gasteiger partial charge is 0.318 e. The van der Waals surface area contributed by atoms with Crippen LogP contribution in [0.25, 0.3) is 5.69 Å². The number of carbonyl (C=O) groups is 1. The number of hydrogen-bond donors (Lipinski definition) is 1. The molecule has 27 heavy (non-hydrogen) atoms. The van der Waals surface area contributed by atoms with E-state index in [1.54, 1.807) is 18.3 Å². The molecule has 0 radical (unpaired) electrons. The fraction of sp³-hybridized carbons (Fsp3) is 0.143. The number of hydrazone groups is 1. The van der Waals surface area contributed by atoms with Crippen LogP contribution in [-0.4, -0.2) is 16.7 Å². The summed E-state index contributed by atoms with van der Waals surface area (Å²) in [4.78, 5) is 12.1. The fourth-order valence-electron chi connectivity index (χ4n) is 2.86. The molecule has 1 aromatic heterocycles. The number of aryl methyl sites for hydroxylation is 2.